The van der Waals surface area contributed by atoms with Crippen LogP contribution in [0, 0.1) is 0 Å². The molecule has 18 heavy (non-hydrogen) atoms. The molecule has 0 aliphatic rings. The van der Waals surface area contributed by atoms with Crippen molar-refractivity contribution < 1.29 is 0 Å². The van der Waals surface area contributed by atoms with Crippen LogP contribution < -0.4 is 16.6 Å². The summed E-state index contributed by atoms with van der Waals surface area (Å²) in [6.45, 7) is 4.37. The zero-order valence-electron chi connectivity index (χ0n) is 10.6. The lowest BCUT2D eigenvalue weighted by Gasteiger charge is -2.11. The molecule has 0 aliphatic heterocycles. The molecule has 0 aliphatic carbocycles. The molecule has 0 amide bonds. The lowest BCUT2D eigenvalue weighted by molar-refractivity contribution is 0.867. The number of nitrogen functional groups attached to an aromatic ring is 1. The molecule has 1 aromatic heterocycles. The van der Waals surface area contributed by atoms with Crippen molar-refractivity contribution in [2.75, 3.05) is 10.7 Å². The first-order valence-corrected chi connectivity index (χ1v) is 5.98. The van der Waals surface area contributed by atoms with Gasteiger partial charge in [0.2, 0.25) is 0 Å². The lowest BCUT2D eigenvalue weighted by Crippen LogP contribution is -2.08. The topological polar surface area (TPSA) is 63.0 Å². The number of benzene rings is 1. The molecule has 0 spiro atoms. The van der Waals surface area contributed by atoms with Crippen molar-refractivity contribution >= 4 is 17.2 Å². The number of hydrogen-bond donors (Lipinski definition) is 3. The highest BCUT2D eigenvalue weighted by Gasteiger charge is 2.01. The zero-order valence-corrected chi connectivity index (χ0v) is 10.6. The standard InChI is InChI=1S/C14H18N4/c1-10(2)11-4-3-5-12(8-11)17-13-6-7-16-14(9-13)18-15/h3-10H,15H2,1-2H3,(H2,16,17,18). The molecule has 0 bridgehead atoms. The number of nitrogens with zero attached hydrogens (tertiary/aromatic N) is 1. The number of aromatic nitrogens is 1. The summed E-state index contributed by atoms with van der Waals surface area (Å²) in [5.74, 6) is 6.49. The molecule has 2 rings (SSSR count). The minimum absolute atomic E-state index is 0.519. The van der Waals surface area contributed by atoms with Gasteiger partial charge in [-0.25, -0.2) is 10.8 Å². The number of nitrogens with one attached hydrogen (secondary N) is 2. The number of nitrogens with two attached hydrogens (primary N) is 1. The van der Waals surface area contributed by atoms with Gasteiger partial charge in [0.05, 0.1) is 0 Å². The summed E-state index contributed by atoms with van der Waals surface area (Å²) in [5.41, 5.74) is 5.87. The van der Waals surface area contributed by atoms with E-state index in [0.717, 1.165) is 11.4 Å². The number of pyridine rings is 1. The molecule has 1 aromatic carbocycles. The van der Waals surface area contributed by atoms with Gasteiger partial charge in [0, 0.05) is 23.6 Å². The van der Waals surface area contributed by atoms with Crippen molar-refractivity contribution in [3.63, 3.8) is 0 Å². The van der Waals surface area contributed by atoms with E-state index in [-0.39, 0.29) is 0 Å². The highest BCUT2D eigenvalue weighted by molar-refractivity contribution is 5.62. The smallest absolute Gasteiger partial charge is 0.141 e. The van der Waals surface area contributed by atoms with Crippen LogP contribution in [0.25, 0.3) is 0 Å². The fourth-order valence-electron chi connectivity index (χ4n) is 1.73. The average Bonchev–Trinajstić information content (AvgIpc) is 2.39. The van der Waals surface area contributed by atoms with E-state index >= 15 is 0 Å². The Hall–Kier alpha value is -2.07. The van der Waals surface area contributed by atoms with Crippen LogP contribution in [-0.4, -0.2) is 4.98 Å². The van der Waals surface area contributed by atoms with E-state index in [2.05, 4.69) is 47.8 Å². The number of anilines is 3. The van der Waals surface area contributed by atoms with Gasteiger partial charge in [0.15, 0.2) is 0 Å². The first-order valence-electron chi connectivity index (χ1n) is 5.98. The second kappa shape index (κ2) is 5.51. The van der Waals surface area contributed by atoms with Gasteiger partial charge in [-0.15, -0.1) is 0 Å². The molecule has 0 saturated heterocycles. The number of hydrogen-bond acceptors (Lipinski definition) is 4. The fourth-order valence-corrected chi connectivity index (χ4v) is 1.73. The Bertz CT molecular complexity index is 523. The molecule has 4 nitrogen and oxygen atoms in total. The Morgan fingerprint density at radius 1 is 1.11 bits per heavy atom. The maximum atomic E-state index is 5.34. The predicted octanol–water partition coefficient (Wildman–Crippen LogP) is 3.23. The molecular weight excluding hydrogens is 224 g/mol. The molecular formula is C14H18N4. The Kier molecular flexibility index (Phi) is 3.79. The lowest BCUT2D eigenvalue weighted by atomic mass is 10.0. The van der Waals surface area contributed by atoms with Crippen LogP contribution in [0.2, 0.25) is 0 Å². The van der Waals surface area contributed by atoms with Crippen LogP contribution in [0.3, 0.4) is 0 Å². The monoisotopic (exact) mass is 242 g/mol. The van der Waals surface area contributed by atoms with E-state index < -0.39 is 0 Å². The summed E-state index contributed by atoms with van der Waals surface area (Å²) in [6.07, 6.45) is 1.71. The van der Waals surface area contributed by atoms with Crippen molar-refractivity contribution in [2.24, 2.45) is 5.84 Å². The van der Waals surface area contributed by atoms with Crippen molar-refractivity contribution in [3.8, 4) is 0 Å². The summed E-state index contributed by atoms with van der Waals surface area (Å²) < 4.78 is 0. The maximum absolute atomic E-state index is 5.34. The van der Waals surface area contributed by atoms with Gasteiger partial charge in [-0.05, 0) is 29.7 Å². The summed E-state index contributed by atoms with van der Waals surface area (Å²) in [7, 11) is 0. The first-order chi connectivity index (χ1) is 8.69. The van der Waals surface area contributed by atoms with Gasteiger partial charge in [-0.1, -0.05) is 26.0 Å². The van der Waals surface area contributed by atoms with Gasteiger partial charge >= 0.3 is 0 Å². The summed E-state index contributed by atoms with van der Waals surface area (Å²) in [5, 5.41) is 3.34. The molecule has 4 N–H and O–H groups in total. The molecule has 0 radical (unpaired) electrons. The van der Waals surface area contributed by atoms with Crippen molar-refractivity contribution in [3.05, 3.63) is 48.2 Å². The third kappa shape index (κ3) is 2.99. The van der Waals surface area contributed by atoms with E-state index in [1.807, 2.05) is 18.2 Å². The van der Waals surface area contributed by atoms with Gasteiger partial charge in [-0.3, -0.25) is 0 Å². The van der Waals surface area contributed by atoms with Crippen LogP contribution >= 0.6 is 0 Å². The van der Waals surface area contributed by atoms with Gasteiger partial charge in [0.25, 0.3) is 0 Å². The Morgan fingerprint density at radius 3 is 2.61 bits per heavy atom. The van der Waals surface area contributed by atoms with Crippen LogP contribution in [0.1, 0.15) is 25.3 Å². The average molecular weight is 242 g/mol. The van der Waals surface area contributed by atoms with E-state index in [9.17, 15) is 0 Å². The van der Waals surface area contributed by atoms with E-state index in [0.29, 0.717) is 11.7 Å². The molecule has 94 valence electrons. The molecule has 0 atom stereocenters. The quantitative estimate of drug-likeness (QED) is 0.569. The number of rotatable bonds is 4. The van der Waals surface area contributed by atoms with Crippen LogP contribution in [0.15, 0.2) is 42.6 Å². The van der Waals surface area contributed by atoms with E-state index in [1.54, 1.807) is 6.20 Å². The molecule has 4 heteroatoms. The Labute approximate surface area is 107 Å². The predicted molar refractivity (Wildman–Crippen MR) is 75.9 cm³/mol. The van der Waals surface area contributed by atoms with Gasteiger partial charge in [0.1, 0.15) is 5.82 Å². The third-order valence-electron chi connectivity index (χ3n) is 2.75. The summed E-state index contributed by atoms with van der Waals surface area (Å²) in [6, 6.07) is 12.2. The number of hydrazine groups is 1. The Morgan fingerprint density at radius 2 is 1.89 bits per heavy atom. The highest BCUT2D eigenvalue weighted by Crippen LogP contribution is 2.22. The largest absolute Gasteiger partial charge is 0.355 e. The van der Waals surface area contributed by atoms with Crippen LogP contribution in [0.5, 0.6) is 0 Å². The van der Waals surface area contributed by atoms with Crippen molar-refractivity contribution in [1.82, 2.24) is 4.98 Å². The maximum Gasteiger partial charge on any atom is 0.141 e. The third-order valence-corrected chi connectivity index (χ3v) is 2.75. The summed E-state index contributed by atoms with van der Waals surface area (Å²) in [4.78, 5) is 4.07. The first kappa shape index (κ1) is 12.4. The van der Waals surface area contributed by atoms with Crippen LogP contribution in [0.4, 0.5) is 17.2 Å². The van der Waals surface area contributed by atoms with Crippen molar-refractivity contribution in [2.45, 2.75) is 19.8 Å². The molecule has 0 fully saturated rings. The molecule has 0 unspecified atom stereocenters. The highest BCUT2D eigenvalue weighted by atomic mass is 15.2. The van der Waals surface area contributed by atoms with Gasteiger partial charge in [-0.2, -0.15) is 0 Å². The van der Waals surface area contributed by atoms with Crippen LogP contribution in [-0.2, 0) is 0 Å². The SMILES string of the molecule is CC(C)c1cccc(Nc2ccnc(NN)c2)c1. The van der Waals surface area contributed by atoms with Crippen molar-refractivity contribution in [1.29, 1.82) is 0 Å². The van der Waals surface area contributed by atoms with E-state index in [1.165, 1.54) is 5.56 Å². The normalized spacial score (nSPS) is 10.4. The zero-order chi connectivity index (χ0) is 13.0. The fraction of sp³-hybridized carbons (Fsp3) is 0.214. The molecule has 2 aromatic rings. The van der Waals surface area contributed by atoms with E-state index in [4.69, 9.17) is 5.84 Å². The Balaban J connectivity index is 2.20. The molecule has 1 heterocycles. The van der Waals surface area contributed by atoms with Gasteiger partial charge < -0.3 is 10.7 Å². The second-order valence-corrected chi connectivity index (χ2v) is 4.48. The minimum atomic E-state index is 0.519. The summed E-state index contributed by atoms with van der Waals surface area (Å²) >= 11 is 0. The minimum Gasteiger partial charge on any atom is -0.355 e. The molecule has 0 saturated carbocycles. The second-order valence-electron chi connectivity index (χ2n) is 4.48.